The van der Waals surface area contributed by atoms with Crippen molar-refractivity contribution in [3.63, 3.8) is 0 Å². The minimum absolute atomic E-state index is 0.0318. The number of carbonyl (C=O) groups excluding carboxylic acids is 4. The summed E-state index contributed by atoms with van der Waals surface area (Å²) in [5.41, 5.74) is 1.38. The first kappa shape index (κ1) is 23.0. The summed E-state index contributed by atoms with van der Waals surface area (Å²) >= 11 is 0. The Labute approximate surface area is 187 Å². The van der Waals surface area contributed by atoms with E-state index in [9.17, 15) is 19.2 Å². The van der Waals surface area contributed by atoms with Gasteiger partial charge < -0.3 is 15.0 Å². The zero-order valence-corrected chi connectivity index (χ0v) is 18.5. The topological polar surface area (TPSA) is 96.0 Å². The molecule has 1 heterocycles. The Morgan fingerprint density at radius 3 is 2.34 bits per heavy atom. The van der Waals surface area contributed by atoms with Gasteiger partial charge in [-0.25, -0.2) is 9.59 Å². The first-order valence-corrected chi connectivity index (χ1v) is 10.3. The van der Waals surface area contributed by atoms with Crippen molar-refractivity contribution in [2.45, 2.75) is 39.4 Å². The van der Waals surface area contributed by atoms with Crippen molar-refractivity contribution < 1.29 is 23.9 Å². The van der Waals surface area contributed by atoms with Gasteiger partial charge in [-0.1, -0.05) is 42.5 Å². The third-order valence-corrected chi connectivity index (χ3v) is 5.06. The van der Waals surface area contributed by atoms with Crippen LogP contribution in [0.5, 0.6) is 0 Å². The highest BCUT2D eigenvalue weighted by Crippen LogP contribution is 2.18. The zero-order valence-electron chi connectivity index (χ0n) is 18.5. The lowest BCUT2D eigenvalue weighted by Crippen LogP contribution is -2.46. The van der Waals surface area contributed by atoms with Crippen LogP contribution in [-0.4, -0.2) is 52.3 Å². The molecule has 1 fully saturated rings. The van der Waals surface area contributed by atoms with Crippen LogP contribution < -0.4 is 5.32 Å². The van der Waals surface area contributed by atoms with Gasteiger partial charge in [0, 0.05) is 12.1 Å². The van der Waals surface area contributed by atoms with Crippen molar-refractivity contribution in [3.05, 3.63) is 71.3 Å². The van der Waals surface area contributed by atoms with Gasteiger partial charge in [0.05, 0.1) is 18.7 Å². The van der Waals surface area contributed by atoms with E-state index in [0.717, 1.165) is 10.5 Å². The molecule has 0 unspecified atom stereocenters. The second-order valence-electron chi connectivity index (χ2n) is 8.55. The van der Waals surface area contributed by atoms with Crippen LogP contribution in [-0.2, 0) is 27.4 Å². The van der Waals surface area contributed by atoms with Gasteiger partial charge in [0.15, 0.2) is 6.61 Å². The van der Waals surface area contributed by atoms with Crippen LogP contribution >= 0.6 is 0 Å². The summed E-state index contributed by atoms with van der Waals surface area (Å²) < 4.78 is 5.28. The van der Waals surface area contributed by atoms with Crippen LogP contribution in [0.2, 0.25) is 0 Å². The predicted octanol–water partition coefficient (Wildman–Crippen LogP) is 2.72. The van der Waals surface area contributed by atoms with Crippen molar-refractivity contribution in [1.29, 1.82) is 0 Å². The number of carbonyl (C=O) groups is 4. The molecule has 32 heavy (non-hydrogen) atoms. The second-order valence-corrected chi connectivity index (χ2v) is 8.55. The molecule has 3 rings (SSSR count). The maximum atomic E-state index is 12.9. The molecule has 1 saturated heterocycles. The van der Waals surface area contributed by atoms with Gasteiger partial charge in [-0.3, -0.25) is 14.5 Å². The number of hydrogen-bond donors (Lipinski definition) is 1. The predicted molar refractivity (Wildman–Crippen MR) is 117 cm³/mol. The fraction of sp³-hybridized carbons (Fsp3) is 0.333. The van der Waals surface area contributed by atoms with E-state index < -0.39 is 17.5 Å². The van der Waals surface area contributed by atoms with Crippen LogP contribution in [0.25, 0.3) is 0 Å². The number of hydrogen-bond acceptors (Lipinski definition) is 5. The van der Waals surface area contributed by atoms with E-state index in [1.165, 1.54) is 0 Å². The molecular weight excluding hydrogens is 410 g/mol. The van der Waals surface area contributed by atoms with Gasteiger partial charge >= 0.3 is 12.0 Å². The zero-order chi connectivity index (χ0) is 23.3. The normalized spacial score (nSPS) is 13.7. The minimum atomic E-state index is -0.647. The first-order valence-electron chi connectivity index (χ1n) is 10.3. The molecule has 0 atom stereocenters. The van der Waals surface area contributed by atoms with Crippen molar-refractivity contribution >= 4 is 23.8 Å². The molecule has 0 aromatic heterocycles. The summed E-state index contributed by atoms with van der Waals surface area (Å²) in [6.45, 7) is 5.82. The highest BCUT2D eigenvalue weighted by Gasteiger charge is 2.29. The molecular formula is C24H27N3O5. The van der Waals surface area contributed by atoms with Gasteiger partial charge in [0.2, 0.25) is 5.91 Å². The minimum Gasteiger partial charge on any atom is -0.452 e. The summed E-state index contributed by atoms with van der Waals surface area (Å²) in [7, 11) is 0. The largest absolute Gasteiger partial charge is 0.452 e. The Hall–Kier alpha value is -3.68. The summed E-state index contributed by atoms with van der Waals surface area (Å²) in [5.74, 6) is -1.27. The van der Waals surface area contributed by atoms with E-state index >= 15 is 0 Å². The molecule has 1 N–H and O–H groups in total. The number of urea groups is 1. The van der Waals surface area contributed by atoms with Crippen molar-refractivity contribution in [3.8, 4) is 0 Å². The molecule has 1 aliphatic rings. The van der Waals surface area contributed by atoms with Crippen LogP contribution in [0.4, 0.5) is 4.79 Å². The lowest BCUT2D eigenvalue weighted by atomic mass is 10.0. The van der Waals surface area contributed by atoms with E-state index in [4.69, 9.17) is 4.74 Å². The summed E-state index contributed by atoms with van der Waals surface area (Å²) in [6.07, 6.45) is 0. The van der Waals surface area contributed by atoms with Gasteiger partial charge in [0.1, 0.15) is 0 Å². The van der Waals surface area contributed by atoms with E-state index in [-0.39, 0.29) is 37.1 Å². The third-order valence-electron chi connectivity index (χ3n) is 5.06. The molecule has 0 radical (unpaired) electrons. The Bertz CT molecular complexity index is 998. The van der Waals surface area contributed by atoms with Crippen molar-refractivity contribution in [1.82, 2.24) is 15.1 Å². The van der Waals surface area contributed by atoms with Gasteiger partial charge in [-0.05, 0) is 44.0 Å². The summed E-state index contributed by atoms with van der Waals surface area (Å²) in [6, 6.07) is 15.6. The molecule has 8 heteroatoms. The quantitative estimate of drug-likeness (QED) is 0.531. The van der Waals surface area contributed by atoms with Crippen LogP contribution in [0.3, 0.4) is 0 Å². The average Bonchev–Trinajstić information content (AvgIpc) is 3.08. The molecule has 168 valence electrons. The molecule has 0 saturated carbocycles. The molecule has 1 aliphatic heterocycles. The molecule has 2 aromatic rings. The van der Waals surface area contributed by atoms with Crippen molar-refractivity contribution in [2.24, 2.45) is 0 Å². The highest BCUT2D eigenvalue weighted by molar-refractivity contribution is 6.01. The maximum absolute atomic E-state index is 12.9. The van der Waals surface area contributed by atoms with E-state index in [2.05, 4.69) is 5.32 Å². The maximum Gasteiger partial charge on any atom is 0.338 e. The molecule has 8 nitrogen and oxygen atoms in total. The fourth-order valence-corrected chi connectivity index (χ4v) is 3.35. The van der Waals surface area contributed by atoms with Crippen LogP contribution in [0, 0.1) is 0 Å². The number of rotatable bonds is 7. The summed E-state index contributed by atoms with van der Waals surface area (Å²) in [4.78, 5) is 51.6. The second kappa shape index (κ2) is 9.64. The number of esters is 1. The standard InChI is InChI=1S/C24H27N3O5/c1-24(2,3)27(15-17-8-5-4-6-9-17)21(29)16-32-22(30)19-11-7-10-18(12-19)14-26-20(28)13-25-23(26)31/h4-12H,13-16H2,1-3H3,(H,25,31). The molecule has 0 bridgehead atoms. The van der Waals surface area contributed by atoms with E-state index in [0.29, 0.717) is 12.1 Å². The Morgan fingerprint density at radius 1 is 1.03 bits per heavy atom. The fourth-order valence-electron chi connectivity index (χ4n) is 3.35. The molecule has 0 aliphatic carbocycles. The van der Waals surface area contributed by atoms with E-state index in [1.54, 1.807) is 29.2 Å². The van der Waals surface area contributed by atoms with Crippen molar-refractivity contribution in [2.75, 3.05) is 13.2 Å². The van der Waals surface area contributed by atoms with Gasteiger partial charge in [0.25, 0.3) is 5.91 Å². The van der Waals surface area contributed by atoms with Crippen LogP contribution in [0.15, 0.2) is 54.6 Å². The number of imide groups is 1. The Kier molecular flexibility index (Phi) is 6.92. The van der Waals surface area contributed by atoms with E-state index in [1.807, 2.05) is 51.1 Å². The van der Waals surface area contributed by atoms with Crippen LogP contribution in [0.1, 0.15) is 42.3 Å². The molecule has 2 aromatic carbocycles. The lowest BCUT2D eigenvalue weighted by molar-refractivity contribution is -0.140. The average molecular weight is 437 g/mol. The monoisotopic (exact) mass is 437 g/mol. The van der Waals surface area contributed by atoms with Gasteiger partial charge in [-0.2, -0.15) is 0 Å². The number of nitrogens with zero attached hydrogens (tertiary/aromatic N) is 2. The summed E-state index contributed by atoms with van der Waals surface area (Å²) in [5, 5.41) is 2.45. The number of ether oxygens (including phenoxy) is 1. The lowest BCUT2D eigenvalue weighted by Gasteiger charge is -2.35. The van der Waals surface area contributed by atoms with Gasteiger partial charge in [-0.15, -0.1) is 0 Å². The number of nitrogens with one attached hydrogen (secondary N) is 1. The number of benzene rings is 2. The molecule has 4 amide bonds. The molecule has 0 spiro atoms. The Morgan fingerprint density at radius 2 is 1.72 bits per heavy atom. The Balaban J connectivity index is 1.63. The first-order chi connectivity index (χ1) is 15.1. The SMILES string of the molecule is CC(C)(C)N(Cc1ccccc1)C(=O)COC(=O)c1cccc(CN2C(=O)CNC2=O)c1. The third kappa shape index (κ3) is 5.72. The highest BCUT2D eigenvalue weighted by atomic mass is 16.5. The smallest absolute Gasteiger partial charge is 0.338 e. The number of amides is 4.